The summed E-state index contributed by atoms with van der Waals surface area (Å²) in [5.74, 6) is 0. The van der Waals surface area contributed by atoms with E-state index in [2.05, 4.69) is 270 Å². The molecule has 0 saturated heterocycles. The van der Waals surface area contributed by atoms with Crippen LogP contribution >= 0.6 is 0 Å². The van der Waals surface area contributed by atoms with Gasteiger partial charge in [-0.2, -0.15) is 0 Å². The number of aryl methyl sites for hydroxylation is 2. The van der Waals surface area contributed by atoms with Crippen LogP contribution in [-0.4, -0.2) is 6.71 Å². The Morgan fingerprint density at radius 3 is 1.52 bits per heavy atom. The van der Waals surface area contributed by atoms with Crippen LogP contribution in [0.15, 0.2) is 237 Å². The molecule has 2 heterocycles. The second kappa shape index (κ2) is 15.8. The van der Waals surface area contributed by atoms with Crippen LogP contribution in [0.2, 0.25) is 0 Å². The van der Waals surface area contributed by atoms with E-state index < -0.39 is 0 Å². The van der Waals surface area contributed by atoms with Gasteiger partial charge in [0.2, 0.25) is 0 Å². The molecule has 65 heavy (non-hydrogen) atoms. The first-order valence-electron chi connectivity index (χ1n) is 22.5. The molecule has 0 aromatic heterocycles. The van der Waals surface area contributed by atoms with Gasteiger partial charge in [-0.05, 0) is 133 Å². The van der Waals surface area contributed by atoms with Gasteiger partial charge in [0.05, 0.1) is 11.4 Å². The first-order valence-corrected chi connectivity index (χ1v) is 22.5. The highest BCUT2D eigenvalue weighted by Crippen LogP contribution is 2.49. The number of fused-ring (bicyclic) bond motifs is 5. The van der Waals surface area contributed by atoms with E-state index in [1.807, 2.05) is 0 Å². The van der Waals surface area contributed by atoms with Crippen LogP contribution in [0, 0.1) is 13.8 Å². The smallest absolute Gasteiger partial charge is 0.252 e. The van der Waals surface area contributed by atoms with Crippen LogP contribution in [0.5, 0.6) is 0 Å². The second-order valence-electron chi connectivity index (χ2n) is 17.2. The summed E-state index contributed by atoms with van der Waals surface area (Å²) >= 11 is 0. The summed E-state index contributed by atoms with van der Waals surface area (Å²) in [5.41, 5.74) is 19.8. The third-order valence-corrected chi connectivity index (χ3v) is 13.1. The normalized spacial score (nSPS) is 12.4. The summed E-state index contributed by atoms with van der Waals surface area (Å²) in [5, 5.41) is 2.41. The zero-order valence-electron chi connectivity index (χ0n) is 36.4. The summed E-state index contributed by atoms with van der Waals surface area (Å²) in [6.45, 7) is 4.34. The Hall–Kier alpha value is -8.28. The quantitative estimate of drug-likeness (QED) is 0.141. The molecule has 0 bridgehead atoms. The fraction of sp³-hybridized carbons (Fsp3) is 0.0333. The van der Waals surface area contributed by atoms with Crippen molar-refractivity contribution < 1.29 is 0 Å². The average Bonchev–Trinajstić information content (AvgIpc) is 3.36. The maximum atomic E-state index is 2.52. The van der Waals surface area contributed by atoms with E-state index in [0.717, 1.165) is 62.6 Å². The van der Waals surface area contributed by atoms with Gasteiger partial charge >= 0.3 is 0 Å². The number of benzene rings is 10. The lowest BCUT2D eigenvalue weighted by Gasteiger charge is -2.45. The summed E-state index contributed by atoms with van der Waals surface area (Å²) in [6.07, 6.45) is 0. The third kappa shape index (κ3) is 6.55. The molecule has 10 aromatic rings. The Morgan fingerprint density at radius 1 is 0.338 bits per heavy atom. The fourth-order valence-electron chi connectivity index (χ4n) is 10.2. The Bertz CT molecular complexity index is 3310. The molecular formula is C60H45BN4. The van der Waals surface area contributed by atoms with Gasteiger partial charge < -0.3 is 19.6 Å². The highest BCUT2D eigenvalue weighted by atomic mass is 15.2. The molecule has 5 heteroatoms. The Kier molecular flexibility index (Phi) is 9.34. The third-order valence-electron chi connectivity index (χ3n) is 13.1. The number of anilines is 12. The highest BCUT2D eigenvalue weighted by molar-refractivity contribution is 7.00. The van der Waals surface area contributed by atoms with Crippen molar-refractivity contribution in [3.63, 3.8) is 0 Å². The van der Waals surface area contributed by atoms with Gasteiger partial charge in [0.15, 0.2) is 0 Å². The predicted molar refractivity (Wildman–Crippen MR) is 277 cm³/mol. The van der Waals surface area contributed by atoms with E-state index in [4.69, 9.17) is 0 Å². The molecule has 308 valence electrons. The van der Waals surface area contributed by atoms with Crippen molar-refractivity contribution in [3.05, 3.63) is 248 Å². The molecule has 4 nitrogen and oxygen atoms in total. The lowest BCUT2D eigenvalue weighted by molar-refractivity contribution is 1.22. The topological polar surface area (TPSA) is 13.0 Å². The molecule has 12 rings (SSSR count). The minimum Gasteiger partial charge on any atom is -0.311 e. The Morgan fingerprint density at radius 2 is 0.862 bits per heavy atom. The molecule has 10 aromatic carbocycles. The van der Waals surface area contributed by atoms with Gasteiger partial charge in [-0.1, -0.05) is 151 Å². The average molecular weight is 833 g/mol. The standard InChI is InChI=1S/C60H45BN4/c1-42-30-33-49(34-31-42)64-56-37-32-43(2)38-54(56)61-53-36-35-50(63(47-24-11-5-12-25-47)55-29-17-19-44-18-15-16-28-52(44)55)39-57(53)65(48-26-13-6-14-27-48)59-41-51(40-58(64)60(59)61)62(45-20-7-3-8-21-45)46-22-9-4-10-23-46/h3-41H,1-2H3. The zero-order chi connectivity index (χ0) is 43.4. The van der Waals surface area contributed by atoms with Crippen molar-refractivity contribution in [1.82, 2.24) is 0 Å². The van der Waals surface area contributed by atoms with E-state index in [9.17, 15) is 0 Å². The molecule has 2 aliphatic rings. The van der Waals surface area contributed by atoms with Crippen LogP contribution in [0.1, 0.15) is 11.1 Å². The molecule has 0 atom stereocenters. The van der Waals surface area contributed by atoms with Gasteiger partial charge in [0.25, 0.3) is 6.71 Å². The molecule has 0 unspecified atom stereocenters. The second-order valence-corrected chi connectivity index (χ2v) is 17.2. The molecular weight excluding hydrogens is 787 g/mol. The summed E-state index contributed by atoms with van der Waals surface area (Å²) < 4.78 is 0. The minimum atomic E-state index is -0.0423. The van der Waals surface area contributed by atoms with Crippen LogP contribution in [0.4, 0.5) is 68.2 Å². The van der Waals surface area contributed by atoms with Crippen LogP contribution in [0.3, 0.4) is 0 Å². The van der Waals surface area contributed by atoms with Crippen molar-refractivity contribution in [3.8, 4) is 0 Å². The van der Waals surface area contributed by atoms with Gasteiger partial charge in [0.1, 0.15) is 0 Å². The van der Waals surface area contributed by atoms with Crippen LogP contribution in [0.25, 0.3) is 10.8 Å². The van der Waals surface area contributed by atoms with Gasteiger partial charge in [0, 0.05) is 62.3 Å². The lowest BCUT2D eigenvalue weighted by atomic mass is 9.33. The lowest BCUT2D eigenvalue weighted by Crippen LogP contribution is -2.61. The first-order chi connectivity index (χ1) is 32.1. The van der Waals surface area contributed by atoms with Gasteiger partial charge in [-0.15, -0.1) is 0 Å². The molecule has 0 N–H and O–H groups in total. The maximum absolute atomic E-state index is 2.52. The van der Waals surface area contributed by atoms with E-state index >= 15 is 0 Å². The number of hydrogen-bond donors (Lipinski definition) is 0. The molecule has 2 aliphatic heterocycles. The van der Waals surface area contributed by atoms with Crippen molar-refractivity contribution in [1.29, 1.82) is 0 Å². The predicted octanol–water partition coefficient (Wildman–Crippen LogP) is 14.5. The van der Waals surface area contributed by atoms with Crippen molar-refractivity contribution >= 4 is 102 Å². The summed E-state index contributed by atoms with van der Waals surface area (Å²) in [7, 11) is 0. The van der Waals surface area contributed by atoms with Gasteiger partial charge in [-0.3, -0.25) is 0 Å². The largest absolute Gasteiger partial charge is 0.311 e. The molecule has 0 radical (unpaired) electrons. The highest BCUT2D eigenvalue weighted by Gasteiger charge is 2.44. The number of hydrogen-bond acceptors (Lipinski definition) is 4. The monoisotopic (exact) mass is 832 g/mol. The maximum Gasteiger partial charge on any atom is 0.252 e. The molecule has 0 aliphatic carbocycles. The summed E-state index contributed by atoms with van der Waals surface area (Å²) in [6, 6.07) is 86.6. The number of nitrogens with zero attached hydrogens (tertiary/aromatic N) is 4. The zero-order valence-corrected chi connectivity index (χ0v) is 36.4. The van der Waals surface area contributed by atoms with E-state index in [-0.39, 0.29) is 6.71 Å². The SMILES string of the molecule is Cc1ccc(N2c3ccc(C)cc3B3c4ccc(N(c5ccccc5)c5cccc6ccccc56)cc4N(c4ccccc4)c4cc(N(c5ccccc5)c5ccccc5)cc2c43)cc1. The van der Waals surface area contributed by atoms with Gasteiger partial charge in [-0.25, -0.2) is 0 Å². The van der Waals surface area contributed by atoms with Crippen molar-refractivity contribution in [2.45, 2.75) is 13.8 Å². The van der Waals surface area contributed by atoms with Crippen molar-refractivity contribution in [2.75, 3.05) is 19.6 Å². The Balaban J connectivity index is 1.18. The Labute approximate surface area is 381 Å². The first kappa shape index (κ1) is 38.4. The molecule has 0 spiro atoms. The molecule has 0 fully saturated rings. The fourth-order valence-corrected chi connectivity index (χ4v) is 10.2. The van der Waals surface area contributed by atoms with E-state index in [1.165, 1.54) is 44.0 Å². The molecule has 0 amide bonds. The molecule has 0 saturated carbocycles. The van der Waals surface area contributed by atoms with Crippen LogP contribution < -0.4 is 36.0 Å². The number of rotatable bonds is 8. The summed E-state index contributed by atoms with van der Waals surface area (Å²) in [4.78, 5) is 9.85. The van der Waals surface area contributed by atoms with Crippen molar-refractivity contribution in [2.24, 2.45) is 0 Å². The number of para-hydroxylation sites is 4. The van der Waals surface area contributed by atoms with E-state index in [0.29, 0.717) is 0 Å². The minimum absolute atomic E-state index is 0.0423. The van der Waals surface area contributed by atoms with Crippen LogP contribution in [-0.2, 0) is 0 Å². The van der Waals surface area contributed by atoms with E-state index in [1.54, 1.807) is 0 Å².